The molecule has 0 aromatic rings. The van der Waals surface area contributed by atoms with Crippen molar-refractivity contribution in [2.24, 2.45) is 11.3 Å². The summed E-state index contributed by atoms with van der Waals surface area (Å²) in [6.45, 7) is 7.28. The van der Waals surface area contributed by atoms with E-state index in [0.717, 1.165) is 26.2 Å². The second-order valence-corrected chi connectivity index (χ2v) is 6.22. The summed E-state index contributed by atoms with van der Waals surface area (Å²) in [5.41, 5.74) is 0.347. The van der Waals surface area contributed by atoms with Crippen LogP contribution in [0, 0.1) is 11.3 Å². The first-order valence-electron chi connectivity index (χ1n) is 6.00. The van der Waals surface area contributed by atoms with Crippen LogP contribution < -0.4 is 0 Å². The molecule has 2 nitrogen and oxygen atoms in total. The highest BCUT2D eigenvalue weighted by Gasteiger charge is 2.49. The molecule has 0 aromatic carbocycles. The zero-order valence-electron chi connectivity index (χ0n) is 9.67. The highest BCUT2D eigenvalue weighted by Crippen LogP contribution is 2.50. The van der Waals surface area contributed by atoms with E-state index in [0.29, 0.717) is 22.3 Å². The average Bonchev–Trinajstić information content (AvgIpc) is 2.75. The molecule has 3 heteroatoms. The third-order valence-electron chi connectivity index (χ3n) is 4.19. The Bertz CT molecular complexity index is 216. The van der Waals surface area contributed by atoms with Gasteiger partial charge in [-0.15, -0.1) is 0 Å². The lowest BCUT2D eigenvalue weighted by Crippen LogP contribution is -2.53. The van der Waals surface area contributed by atoms with Crippen molar-refractivity contribution in [3.8, 4) is 0 Å². The maximum atomic E-state index is 6.03. The van der Waals surface area contributed by atoms with Crippen molar-refractivity contribution in [3.05, 3.63) is 0 Å². The van der Waals surface area contributed by atoms with E-state index >= 15 is 0 Å². The smallest absolute Gasteiger partial charge is 0.0650 e. The van der Waals surface area contributed by atoms with Crippen LogP contribution in [0.25, 0.3) is 0 Å². The van der Waals surface area contributed by atoms with E-state index in [4.69, 9.17) is 9.47 Å². The first kappa shape index (κ1) is 11.9. The minimum Gasteiger partial charge on any atom is -0.381 e. The van der Waals surface area contributed by atoms with Gasteiger partial charge < -0.3 is 9.47 Å². The van der Waals surface area contributed by atoms with Gasteiger partial charge in [0.15, 0.2) is 0 Å². The standard InChI is InChI=1S/C12H21BrO2/c1-3-12(2)10(13)6-11(12)15-8-9-4-5-14-7-9/h9-11H,3-8H2,1-2H3. The molecule has 0 bridgehead atoms. The molecule has 15 heavy (non-hydrogen) atoms. The van der Waals surface area contributed by atoms with E-state index in [1.54, 1.807) is 0 Å². The maximum Gasteiger partial charge on any atom is 0.0650 e. The quantitative estimate of drug-likeness (QED) is 0.735. The molecule has 1 aliphatic carbocycles. The molecule has 0 spiro atoms. The summed E-state index contributed by atoms with van der Waals surface area (Å²) in [7, 11) is 0. The summed E-state index contributed by atoms with van der Waals surface area (Å²) >= 11 is 3.73. The minimum absolute atomic E-state index is 0.347. The summed E-state index contributed by atoms with van der Waals surface area (Å²) in [5, 5.41) is 0. The number of halogens is 1. The van der Waals surface area contributed by atoms with Crippen LogP contribution in [0.1, 0.15) is 33.1 Å². The third-order valence-corrected chi connectivity index (χ3v) is 5.61. The van der Waals surface area contributed by atoms with Gasteiger partial charge in [0.05, 0.1) is 19.3 Å². The Balaban J connectivity index is 1.75. The van der Waals surface area contributed by atoms with E-state index in [2.05, 4.69) is 29.8 Å². The molecule has 2 aliphatic rings. The van der Waals surface area contributed by atoms with Crippen LogP contribution in [0.4, 0.5) is 0 Å². The topological polar surface area (TPSA) is 18.5 Å². The minimum atomic E-state index is 0.347. The zero-order valence-corrected chi connectivity index (χ0v) is 11.3. The first-order chi connectivity index (χ1) is 7.16. The number of hydrogen-bond acceptors (Lipinski definition) is 2. The molecule has 1 saturated heterocycles. The van der Waals surface area contributed by atoms with Gasteiger partial charge in [-0.25, -0.2) is 0 Å². The monoisotopic (exact) mass is 276 g/mol. The van der Waals surface area contributed by atoms with Gasteiger partial charge in [-0.1, -0.05) is 29.8 Å². The van der Waals surface area contributed by atoms with Gasteiger partial charge >= 0.3 is 0 Å². The van der Waals surface area contributed by atoms with Gasteiger partial charge in [0, 0.05) is 22.8 Å². The fourth-order valence-corrected chi connectivity index (χ4v) is 3.40. The Hall–Kier alpha value is 0.400. The SMILES string of the molecule is CCC1(C)C(Br)CC1OCC1CCOC1. The fraction of sp³-hybridized carbons (Fsp3) is 1.00. The molecule has 2 fully saturated rings. The first-order valence-corrected chi connectivity index (χ1v) is 6.91. The zero-order chi connectivity index (χ0) is 10.9. The maximum absolute atomic E-state index is 6.03. The Labute approximate surface area is 101 Å². The number of hydrogen-bond donors (Lipinski definition) is 0. The van der Waals surface area contributed by atoms with Crippen molar-refractivity contribution in [1.82, 2.24) is 0 Å². The van der Waals surface area contributed by atoms with Gasteiger partial charge in [0.1, 0.15) is 0 Å². The third kappa shape index (κ3) is 2.25. The fourth-order valence-electron chi connectivity index (χ4n) is 2.44. The lowest BCUT2D eigenvalue weighted by Gasteiger charge is -2.51. The summed E-state index contributed by atoms with van der Waals surface area (Å²) in [5.74, 6) is 0.639. The molecular weight excluding hydrogens is 256 g/mol. The average molecular weight is 277 g/mol. The number of rotatable bonds is 4. The van der Waals surface area contributed by atoms with Crippen LogP contribution in [-0.4, -0.2) is 30.8 Å². The van der Waals surface area contributed by atoms with Gasteiger partial charge in [0.25, 0.3) is 0 Å². The molecule has 4 unspecified atom stereocenters. The predicted molar refractivity (Wildman–Crippen MR) is 64.4 cm³/mol. The summed E-state index contributed by atoms with van der Waals surface area (Å²) in [6.07, 6.45) is 3.98. The summed E-state index contributed by atoms with van der Waals surface area (Å²) in [6, 6.07) is 0. The second-order valence-electron chi connectivity index (χ2n) is 5.11. The van der Waals surface area contributed by atoms with Crippen LogP contribution in [0.15, 0.2) is 0 Å². The molecule has 88 valence electrons. The van der Waals surface area contributed by atoms with Gasteiger partial charge in [0.2, 0.25) is 0 Å². The van der Waals surface area contributed by atoms with Gasteiger partial charge in [-0.05, 0) is 19.3 Å². The molecule has 2 rings (SSSR count). The van der Waals surface area contributed by atoms with E-state index in [1.807, 2.05) is 0 Å². The van der Waals surface area contributed by atoms with Crippen LogP contribution in [0.5, 0.6) is 0 Å². The lowest BCUT2D eigenvalue weighted by molar-refractivity contribution is -0.106. The normalized spacial score (nSPS) is 45.4. The highest BCUT2D eigenvalue weighted by molar-refractivity contribution is 9.09. The van der Waals surface area contributed by atoms with Crippen LogP contribution in [-0.2, 0) is 9.47 Å². The number of alkyl halides is 1. The van der Waals surface area contributed by atoms with E-state index < -0.39 is 0 Å². The molecule has 1 saturated carbocycles. The molecule has 1 heterocycles. The van der Waals surface area contributed by atoms with Crippen molar-refractivity contribution < 1.29 is 9.47 Å². The van der Waals surface area contributed by atoms with Crippen molar-refractivity contribution in [3.63, 3.8) is 0 Å². The van der Waals surface area contributed by atoms with Gasteiger partial charge in [-0.2, -0.15) is 0 Å². The molecule has 0 radical (unpaired) electrons. The summed E-state index contributed by atoms with van der Waals surface area (Å²) in [4.78, 5) is 0.639. The Morgan fingerprint density at radius 2 is 2.33 bits per heavy atom. The highest BCUT2D eigenvalue weighted by atomic mass is 79.9. The molecule has 0 N–H and O–H groups in total. The molecular formula is C12H21BrO2. The lowest BCUT2D eigenvalue weighted by atomic mass is 9.65. The Kier molecular flexibility index (Phi) is 3.74. The molecule has 1 aliphatic heterocycles. The number of ether oxygens (including phenoxy) is 2. The van der Waals surface area contributed by atoms with Crippen molar-refractivity contribution in [2.75, 3.05) is 19.8 Å². The van der Waals surface area contributed by atoms with Gasteiger partial charge in [-0.3, -0.25) is 0 Å². The van der Waals surface area contributed by atoms with E-state index in [-0.39, 0.29) is 0 Å². The largest absolute Gasteiger partial charge is 0.381 e. The van der Waals surface area contributed by atoms with Crippen molar-refractivity contribution in [2.45, 2.75) is 44.0 Å². The van der Waals surface area contributed by atoms with Crippen LogP contribution in [0.3, 0.4) is 0 Å². The van der Waals surface area contributed by atoms with Crippen LogP contribution >= 0.6 is 15.9 Å². The Morgan fingerprint density at radius 1 is 1.53 bits per heavy atom. The molecule has 4 atom stereocenters. The van der Waals surface area contributed by atoms with E-state index in [9.17, 15) is 0 Å². The summed E-state index contributed by atoms with van der Waals surface area (Å²) < 4.78 is 11.4. The van der Waals surface area contributed by atoms with Crippen molar-refractivity contribution >= 4 is 15.9 Å². The second kappa shape index (κ2) is 4.72. The molecule has 0 aromatic heterocycles. The molecule has 0 amide bonds. The predicted octanol–water partition coefficient (Wildman–Crippen LogP) is 2.99. The Morgan fingerprint density at radius 3 is 2.87 bits per heavy atom. The van der Waals surface area contributed by atoms with E-state index in [1.165, 1.54) is 12.8 Å². The van der Waals surface area contributed by atoms with Crippen molar-refractivity contribution in [1.29, 1.82) is 0 Å². The van der Waals surface area contributed by atoms with Crippen LogP contribution in [0.2, 0.25) is 0 Å².